The molecule has 0 saturated carbocycles. The zero-order valence-electron chi connectivity index (χ0n) is 15.9. The normalized spacial score (nSPS) is 14.1. The average Bonchev–Trinajstić information content (AvgIpc) is 2.91. The molecule has 144 valence electrons. The average molecular weight is 368 g/mol. The number of rotatable bonds is 7. The Hall–Kier alpha value is -2.73. The fourth-order valence-electron chi connectivity index (χ4n) is 2.94. The summed E-state index contributed by atoms with van der Waals surface area (Å²) in [5.74, 6) is 1.93. The van der Waals surface area contributed by atoms with Crippen molar-refractivity contribution >= 4 is 11.6 Å². The van der Waals surface area contributed by atoms with Crippen LogP contribution in [0.25, 0.3) is 0 Å². The molecule has 1 heterocycles. The van der Waals surface area contributed by atoms with E-state index in [-0.39, 0.29) is 0 Å². The van der Waals surface area contributed by atoms with Gasteiger partial charge in [-0.3, -0.25) is 4.99 Å². The van der Waals surface area contributed by atoms with E-state index in [1.54, 1.807) is 0 Å². The molecule has 3 rings (SSSR count). The molecule has 0 radical (unpaired) electrons. The van der Waals surface area contributed by atoms with Gasteiger partial charge in [0.15, 0.2) is 17.5 Å². The Morgan fingerprint density at radius 1 is 1.11 bits per heavy atom. The van der Waals surface area contributed by atoms with Crippen LogP contribution >= 0.6 is 0 Å². The van der Waals surface area contributed by atoms with E-state index >= 15 is 0 Å². The minimum atomic E-state index is 0.412. The van der Waals surface area contributed by atoms with E-state index in [1.165, 1.54) is 5.56 Å². The van der Waals surface area contributed by atoms with Gasteiger partial charge >= 0.3 is 0 Å². The first kappa shape index (κ1) is 19.0. The van der Waals surface area contributed by atoms with Gasteiger partial charge in [0, 0.05) is 31.3 Å². The van der Waals surface area contributed by atoms with Gasteiger partial charge in [0.2, 0.25) is 0 Å². The summed E-state index contributed by atoms with van der Waals surface area (Å²) >= 11 is 0. The molecule has 0 atom stereocenters. The van der Waals surface area contributed by atoms with Gasteiger partial charge in [0.1, 0.15) is 0 Å². The Kier molecular flexibility index (Phi) is 6.93. The third kappa shape index (κ3) is 6.18. The minimum absolute atomic E-state index is 0.412. The summed E-state index contributed by atoms with van der Waals surface area (Å²) in [7, 11) is 2.12. The number of hydrogen-bond acceptors (Lipinski definition) is 4. The van der Waals surface area contributed by atoms with Crippen LogP contribution in [0.4, 0.5) is 5.69 Å². The number of anilines is 1. The summed E-state index contributed by atoms with van der Waals surface area (Å²) in [5.41, 5.74) is 8.17. The second-order valence-corrected chi connectivity index (χ2v) is 6.68. The molecule has 2 aromatic rings. The first-order valence-electron chi connectivity index (χ1n) is 9.40. The minimum Gasteiger partial charge on any atom is -0.490 e. The molecule has 0 fully saturated rings. The number of aliphatic imine (C=N–C) groups is 1. The van der Waals surface area contributed by atoms with Crippen molar-refractivity contribution in [3.8, 4) is 11.5 Å². The van der Waals surface area contributed by atoms with Gasteiger partial charge in [-0.25, -0.2) is 0 Å². The predicted molar refractivity (Wildman–Crippen MR) is 110 cm³/mol. The van der Waals surface area contributed by atoms with Gasteiger partial charge in [0.25, 0.3) is 0 Å². The summed E-state index contributed by atoms with van der Waals surface area (Å²) in [6.07, 6.45) is 1.84. The van der Waals surface area contributed by atoms with E-state index in [0.717, 1.165) is 43.1 Å². The second-order valence-electron chi connectivity index (χ2n) is 6.68. The van der Waals surface area contributed by atoms with Gasteiger partial charge < -0.3 is 25.4 Å². The van der Waals surface area contributed by atoms with Crippen molar-refractivity contribution in [1.29, 1.82) is 0 Å². The SMILES string of the molecule is CN(CCCN=C(N)Nc1ccc2c(c1)OCCCO2)Cc1ccccc1. The van der Waals surface area contributed by atoms with Crippen LogP contribution in [0.2, 0.25) is 0 Å². The first-order chi connectivity index (χ1) is 13.2. The van der Waals surface area contributed by atoms with E-state index in [2.05, 4.69) is 46.5 Å². The first-order valence-corrected chi connectivity index (χ1v) is 9.40. The number of nitrogens with zero attached hydrogens (tertiary/aromatic N) is 2. The lowest BCUT2D eigenvalue weighted by Crippen LogP contribution is -2.24. The summed E-state index contributed by atoms with van der Waals surface area (Å²) in [4.78, 5) is 6.70. The van der Waals surface area contributed by atoms with Gasteiger partial charge in [0.05, 0.1) is 13.2 Å². The van der Waals surface area contributed by atoms with Gasteiger partial charge in [-0.15, -0.1) is 0 Å². The molecule has 0 spiro atoms. The van der Waals surface area contributed by atoms with Crippen molar-refractivity contribution < 1.29 is 9.47 Å². The zero-order chi connectivity index (χ0) is 18.9. The quantitative estimate of drug-likeness (QED) is 0.446. The Morgan fingerprint density at radius 2 is 1.89 bits per heavy atom. The summed E-state index contributed by atoms with van der Waals surface area (Å²) in [5, 5.41) is 3.12. The lowest BCUT2D eigenvalue weighted by molar-refractivity contribution is 0.297. The number of fused-ring (bicyclic) bond motifs is 1. The molecule has 0 aromatic heterocycles. The standard InChI is InChI=1S/C21H28N4O2/c1-25(16-17-7-3-2-4-8-17)12-5-11-23-21(22)24-18-9-10-19-20(15-18)27-14-6-13-26-19/h2-4,7-10,15H,5-6,11-14,16H2,1H3,(H3,22,23,24). The molecule has 6 nitrogen and oxygen atoms in total. The van der Waals surface area contributed by atoms with E-state index in [9.17, 15) is 0 Å². The van der Waals surface area contributed by atoms with Crippen LogP contribution in [0.3, 0.4) is 0 Å². The second kappa shape index (κ2) is 9.83. The van der Waals surface area contributed by atoms with Crippen LogP contribution < -0.4 is 20.5 Å². The smallest absolute Gasteiger partial charge is 0.193 e. The molecule has 2 aromatic carbocycles. The Balaban J connectivity index is 1.42. The third-order valence-corrected chi connectivity index (χ3v) is 4.30. The van der Waals surface area contributed by atoms with E-state index in [1.807, 2.05) is 24.3 Å². The van der Waals surface area contributed by atoms with Crippen LogP contribution in [-0.4, -0.2) is 44.2 Å². The molecule has 0 bridgehead atoms. The van der Waals surface area contributed by atoms with Crippen molar-refractivity contribution in [2.75, 3.05) is 38.7 Å². The van der Waals surface area contributed by atoms with Crippen LogP contribution in [0.1, 0.15) is 18.4 Å². The topological polar surface area (TPSA) is 72.1 Å². The highest BCUT2D eigenvalue weighted by Crippen LogP contribution is 2.32. The number of ether oxygens (including phenoxy) is 2. The predicted octanol–water partition coefficient (Wildman–Crippen LogP) is 3.10. The highest BCUT2D eigenvalue weighted by Gasteiger charge is 2.10. The summed E-state index contributed by atoms with van der Waals surface area (Å²) in [6, 6.07) is 16.2. The van der Waals surface area contributed by atoms with Crippen molar-refractivity contribution in [1.82, 2.24) is 4.90 Å². The zero-order valence-corrected chi connectivity index (χ0v) is 15.9. The molecule has 27 heavy (non-hydrogen) atoms. The number of nitrogens with two attached hydrogens (primary N) is 1. The molecule has 3 N–H and O–H groups in total. The number of hydrogen-bond donors (Lipinski definition) is 2. The molecular weight excluding hydrogens is 340 g/mol. The van der Waals surface area contributed by atoms with Gasteiger partial charge in [-0.05, 0) is 37.7 Å². The monoisotopic (exact) mass is 368 g/mol. The highest BCUT2D eigenvalue weighted by atomic mass is 16.5. The molecule has 1 aliphatic heterocycles. The maximum absolute atomic E-state index is 6.01. The van der Waals surface area contributed by atoms with Crippen molar-refractivity contribution in [2.24, 2.45) is 10.7 Å². The number of guanidine groups is 1. The summed E-state index contributed by atoms with van der Waals surface area (Å²) in [6.45, 7) is 3.94. The largest absolute Gasteiger partial charge is 0.490 e. The van der Waals surface area contributed by atoms with Crippen molar-refractivity contribution in [2.45, 2.75) is 19.4 Å². The maximum Gasteiger partial charge on any atom is 0.193 e. The van der Waals surface area contributed by atoms with Crippen LogP contribution in [0.15, 0.2) is 53.5 Å². The molecule has 6 heteroatoms. The maximum atomic E-state index is 6.01. The fraction of sp³-hybridized carbons (Fsp3) is 0.381. The number of benzene rings is 2. The van der Waals surface area contributed by atoms with Crippen LogP contribution in [-0.2, 0) is 6.54 Å². The molecule has 0 unspecified atom stereocenters. The van der Waals surface area contributed by atoms with Gasteiger partial charge in [-0.2, -0.15) is 0 Å². The lowest BCUT2D eigenvalue weighted by Gasteiger charge is -2.16. The number of nitrogens with one attached hydrogen (secondary N) is 1. The van der Waals surface area contributed by atoms with E-state index in [4.69, 9.17) is 15.2 Å². The molecule has 0 saturated heterocycles. The molecule has 0 amide bonds. The van der Waals surface area contributed by atoms with Crippen LogP contribution in [0, 0.1) is 0 Å². The van der Waals surface area contributed by atoms with Crippen molar-refractivity contribution in [3.63, 3.8) is 0 Å². The Morgan fingerprint density at radius 3 is 2.70 bits per heavy atom. The highest BCUT2D eigenvalue weighted by molar-refractivity contribution is 5.92. The summed E-state index contributed by atoms with van der Waals surface area (Å²) < 4.78 is 11.3. The Labute approximate surface area is 161 Å². The molecule has 0 aliphatic carbocycles. The lowest BCUT2D eigenvalue weighted by atomic mass is 10.2. The van der Waals surface area contributed by atoms with Gasteiger partial charge in [-0.1, -0.05) is 30.3 Å². The molecular formula is C21H28N4O2. The third-order valence-electron chi connectivity index (χ3n) is 4.30. The van der Waals surface area contributed by atoms with Crippen molar-refractivity contribution in [3.05, 3.63) is 54.1 Å². The van der Waals surface area contributed by atoms with E-state index in [0.29, 0.717) is 25.7 Å². The fourth-order valence-corrected chi connectivity index (χ4v) is 2.94. The van der Waals surface area contributed by atoms with Crippen LogP contribution in [0.5, 0.6) is 11.5 Å². The Bertz CT molecular complexity index is 749. The van der Waals surface area contributed by atoms with E-state index < -0.39 is 0 Å². The molecule has 1 aliphatic rings.